The largest absolute Gasteiger partial charge is 0.508 e. The van der Waals surface area contributed by atoms with E-state index in [2.05, 4.69) is 52.1 Å². The van der Waals surface area contributed by atoms with Gasteiger partial charge in [-0.1, -0.05) is 24.3 Å². The fraction of sp³-hybridized carbons (Fsp3) is 0.296. The third-order valence-electron chi connectivity index (χ3n) is 6.71. The summed E-state index contributed by atoms with van der Waals surface area (Å²) in [5, 5.41) is 11.6. The van der Waals surface area contributed by atoms with Gasteiger partial charge in [-0.05, 0) is 50.3 Å². The predicted molar refractivity (Wildman–Crippen MR) is 133 cm³/mol. The second kappa shape index (κ2) is 8.89. The number of phenolic OH excluding ortho intramolecular Hbond substituents is 1. The highest BCUT2D eigenvalue weighted by Gasteiger charge is 2.24. The Morgan fingerprint density at radius 3 is 2.76 bits per heavy atom. The molecule has 2 aromatic carbocycles. The van der Waals surface area contributed by atoms with E-state index in [0.717, 1.165) is 70.7 Å². The lowest BCUT2D eigenvalue weighted by molar-refractivity contribution is 0.263. The van der Waals surface area contributed by atoms with Crippen LogP contribution in [0.3, 0.4) is 0 Å². The van der Waals surface area contributed by atoms with E-state index in [0.29, 0.717) is 11.8 Å². The Balaban J connectivity index is 1.48. The van der Waals surface area contributed by atoms with Crippen LogP contribution in [0.1, 0.15) is 12.0 Å². The topological polar surface area (TPSA) is 64.6 Å². The van der Waals surface area contributed by atoms with Gasteiger partial charge in [0.25, 0.3) is 0 Å². The van der Waals surface area contributed by atoms with E-state index >= 15 is 0 Å². The number of para-hydroxylation sites is 1. The van der Waals surface area contributed by atoms with Crippen LogP contribution in [0.5, 0.6) is 11.5 Å². The Morgan fingerprint density at radius 2 is 1.97 bits per heavy atom. The number of hydrogen-bond acceptors (Lipinski definition) is 5. The number of pyridine rings is 1. The van der Waals surface area contributed by atoms with Crippen LogP contribution in [0, 0.1) is 0 Å². The first-order valence-electron chi connectivity index (χ1n) is 11.3. The van der Waals surface area contributed by atoms with Gasteiger partial charge in [-0.3, -0.25) is 4.90 Å². The van der Waals surface area contributed by atoms with Crippen LogP contribution in [-0.4, -0.2) is 65.2 Å². The van der Waals surface area contributed by atoms with E-state index in [-0.39, 0.29) is 0 Å². The number of phenols is 1. The molecule has 4 aromatic rings. The molecular formula is C27H30N4O2. The van der Waals surface area contributed by atoms with Crippen LogP contribution in [0.2, 0.25) is 0 Å². The minimum atomic E-state index is 0.345. The highest BCUT2D eigenvalue weighted by molar-refractivity contribution is 5.97. The summed E-state index contributed by atoms with van der Waals surface area (Å²) in [6.45, 7) is 2.82. The molecule has 6 nitrogen and oxygen atoms in total. The summed E-state index contributed by atoms with van der Waals surface area (Å²) >= 11 is 0. The number of likely N-dealkylation sites (N-methyl/N-ethyl adjacent to an activating group) is 1. The monoisotopic (exact) mass is 442 g/mol. The number of nitrogens with zero attached hydrogens (tertiary/aromatic N) is 3. The van der Waals surface area contributed by atoms with Gasteiger partial charge in [-0.25, -0.2) is 4.98 Å². The standard InChI is InChI=1S/C27H30N4O2/c1-30(2)21-10-11-31(17-21)16-20-12-18(8-9-25(20)32)19-13-23-24(15-29-27(23)28-14-19)22-6-4-5-7-26(22)33-3/h4-9,12-15,21,32H,10-11,16-17H2,1-3H3,(H,28,29). The fourth-order valence-electron chi connectivity index (χ4n) is 4.76. The Bertz CT molecular complexity index is 1280. The molecule has 5 rings (SSSR count). The first-order valence-corrected chi connectivity index (χ1v) is 11.3. The number of nitrogens with one attached hydrogen (secondary N) is 1. The molecule has 0 bridgehead atoms. The lowest BCUT2D eigenvalue weighted by Gasteiger charge is -2.21. The van der Waals surface area contributed by atoms with Crippen molar-refractivity contribution < 1.29 is 9.84 Å². The van der Waals surface area contributed by atoms with E-state index in [1.54, 1.807) is 13.2 Å². The molecule has 1 saturated heterocycles. The zero-order valence-corrected chi connectivity index (χ0v) is 19.4. The summed E-state index contributed by atoms with van der Waals surface area (Å²) in [5.41, 5.74) is 5.94. The molecule has 33 heavy (non-hydrogen) atoms. The molecule has 1 atom stereocenters. The molecular weight excluding hydrogens is 412 g/mol. The maximum atomic E-state index is 10.5. The number of aromatic amines is 1. The van der Waals surface area contributed by atoms with Crippen molar-refractivity contribution in [2.24, 2.45) is 0 Å². The molecule has 170 valence electrons. The molecule has 1 unspecified atom stereocenters. The quantitative estimate of drug-likeness (QED) is 0.451. The second-order valence-electron chi connectivity index (χ2n) is 9.01. The maximum Gasteiger partial charge on any atom is 0.137 e. The number of likely N-dealkylation sites (tertiary alicyclic amines) is 1. The summed E-state index contributed by atoms with van der Waals surface area (Å²) in [4.78, 5) is 12.6. The highest BCUT2D eigenvalue weighted by atomic mass is 16.5. The molecule has 1 aliphatic heterocycles. The van der Waals surface area contributed by atoms with Crippen molar-refractivity contribution >= 4 is 11.0 Å². The molecule has 0 radical (unpaired) electrons. The fourth-order valence-corrected chi connectivity index (χ4v) is 4.76. The van der Waals surface area contributed by atoms with Crippen molar-refractivity contribution in [3.63, 3.8) is 0 Å². The third kappa shape index (κ3) is 4.19. The number of fused-ring (bicyclic) bond motifs is 1. The molecule has 1 fully saturated rings. The van der Waals surface area contributed by atoms with Crippen LogP contribution < -0.4 is 4.74 Å². The number of benzene rings is 2. The molecule has 0 amide bonds. The maximum absolute atomic E-state index is 10.5. The van der Waals surface area contributed by atoms with Gasteiger partial charge in [-0.2, -0.15) is 0 Å². The van der Waals surface area contributed by atoms with E-state index < -0.39 is 0 Å². The minimum Gasteiger partial charge on any atom is -0.508 e. The van der Waals surface area contributed by atoms with Gasteiger partial charge in [-0.15, -0.1) is 0 Å². The first kappa shape index (κ1) is 21.5. The Morgan fingerprint density at radius 1 is 1.12 bits per heavy atom. The van der Waals surface area contributed by atoms with Gasteiger partial charge in [0.05, 0.1) is 7.11 Å². The third-order valence-corrected chi connectivity index (χ3v) is 6.71. The van der Waals surface area contributed by atoms with Gasteiger partial charge >= 0.3 is 0 Å². The van der Waals surface area contributed by atoms with Crippen LogP contribution >= 0.6 is 0 Å². The smallest absolute Gasteiger partial charge is 0.137 e. The molecule has 0 aliphatic carbocycles. The van der Waals surface area contributed by atoms with Crippen molar-refractivity contribution in [1.82, 2.24) is 19.8 Å². The normalized spacial score (nSPS) is 16.7. The van der Waals surface area contributed by atoms with E-state index in [1.807, 2.05) is 36.7 Å². The average molecular weight is 443 g/mol. The van der Waals surface area contributed by atoms with Crippen LogP contribution in [0.25, 0.3) is 33.3 Å². The molecule has 3 heterocycles. The van der Waals surface area contributed by atoms with Gasteiger partial charge in [0.1, 0.15) is 17.1 Å². The summed E-state index contributed by atoms with van der Waals surface area (Å²) in [6, 6.07) is 16.6. The van der Waals surface area contributed by atoms with Crippen molar-refractivity contribution in [3.8, 4) is 33.8 Å². The van der Waals surface area contributed by atoms with E-state index in [4.69, 9.17) is 4.74 Å². The summed E-state index contributed by atoms with van der Waals surface area (Å²) in [7, 11) is 5.96. The van der Waals surface area contributed by atoms with E-state index in [9.17, 15) is 5.11 Å². The molecule has 0 saturated carbocycles. The predicted octanol–water partition coefficient (Wildman–Crippen LogP) is 4.75. The van der Waals surface area contributed by atoms with Crippen molar-refractivity contribution in [3.05, 3.63) is 66.5 Å². The number of rotatable bonds is 6. The van der Waals surface area contributed by atoms with E-state index in [1.165, 1.54) is 0 Å². The number of H-pyrrole nitrogens is 1. The lowest BCUT2D eigenvalue weighted by Crippen LogP contribution is -2.31. The molecule has 0 spiro atoms. The van der Waals surface area contributed by atoms with Gasteiger partial charge in [0.15, 0.2) is 0 Å². The average Bonchev–Trinajstić information content (AvgIpc) is 3.47. The van der Waals surface area contributed by atoms with Crippen molar-refractivity contribution in [2.45, 2.75) is 19.0 Å². The number of ether oxygens (including phenoxy) is 1. The second-order valence-corrected chi connectivity index (χ2v) is 9.01. The summed E-state index contributed by atoms with van der Waals surface area (Å²) in [6.07, 6.45) is 5.03. The highest BCUT2D eigenvalue weighted by Crippen LogP contribution is 2.36. The molecule has 2 N–H and O–H groups in total. The lowest BCUT2D eigenvalue weighted by atomic mass is 10.00. The van der Waals surface area contributed by atoms with Crippen molar-refractivity contribution in [2.75, 3.05) is 34.3 Å². The summed E-state index contributed by atoms with van der Waals surface area (Å²) in [5.74, 6) is 1.18. The zero-order valence-electron chi connectivity index (χ0n) is 19.4. The molecule has 6 heteroatoms. The number of methoxy groups -OCH3 is 1. The Labute approximate surface area is 194 Å². The molecule has 1 aliphatic rings. The van der Waals surface area contributed by atoms with Gasteiger partial charge in [0, 0.05) is 65.7 Å². The zero-order chi connectivity index (χ0) is 22.9. The van der Waals surface area contributed by atoms with Crippen molar-refractivity contribution in [1.29, 1.82) is 0 Å². The Hall–Kier alpha value is -3.35. The number of hydrogen-bond donors (Lipinski definition) is 2. The Kier molecular flexibility index (Phi) is 5.79. The van der Waals surface area contributed by atoms with Gasteiger partial charge < -0.3 is 19.7 Å². The summed E-state index contributed by atoms with van der Waals surface area (Å²) < 4.78 is 5.58. The van der Waals surface area contributed by atoms with Crippen LogP contribution in [0.4, 0.5) is 0 Å². The molecule has 2 aromatic heterocycles. The van der Waals surface area contributed by atoms with Crippen LogP contribution in [0.15, 0.2) is 60.9 Å². The first-order chi connectivity index (χ1) is 16.0. The van der Waals surface area contributed by atoms with Gasteiger partial charge in [0.2, 0.25) is 0 Å². The SMILES string of the molecule is COc1ccccc1-c1c[nH]c2ncc(-c3ccc(O)c(CN4CCC(N(C)C)C4)c3)cc12. The number of aromatic hydroxyl groups is 1. The van der Waals surface area contributed by atoms with Crippen LogP contribution in [-0.2, 0) is 6.54 Å². The minimum absolute atomic E-state index is 0.345. The number of aromatic nitrogens is 2.